The van der Waals surface area contributed by atoms with E-state index in [-0.39, 0.29) is 5.91 Å². The van der Waals surface area contributed by atoms with E-state index in [1.165, 1.54) is 5.69 Å². The molecule has 6 nitrogen and oxygen atoms in total. The van der Waals surface area contributed by atoms with Gasteiger partial charge in [0.15, 0.2) is 5.69 Å². The molecule has 0 saturated carbocycles. The first kappa shape index (κ1) is 19.5. The molecule has 146 valence electrons. The first-order chi connectivity index (χ1) is 13.0. The van der Waals surface area contributed by atoms with Crippen LogP contribution in [0.1, 0.15) is 54.5 Å². The zero-order valence-corrected chi connectivity index (χ0v) is 16.9. The van der Waals surface area contributed by atoms with E-state index in [1.807, 2.05) is 16.8 Å². The highest BCUT2D eigenvalue weighted by atomic mass is 16.1. The number of amides is 1. The smallest absolute Gasteiger partial charge is 0.272 e. The molecule has 1 amide bonds. The molecule has 0 radical (unpaired) electrons. The molecule has 1 unspecified atom stereocenters. The van der Waals surface area contributed by atoms with Crippen molar-refractivity contribution in [2.75, 3.05) is 13.6 Å². The molecule has 1 aliphatic rings. The Morgan fingerprint density at radius 1 is 1.37 bits per heavy atom. The standard InChI is InChI=1S/C21H31N5O/c1-5-26-19-7-6-17(25(4)14-15(2)3)12-18(19)20(24-26)21(27)23-13-16-8-10-22-11-9-16/h8-11,15,17H,5-7,12-14H2,1-4H3,(H,23,27). The maximum absolute atomic E-state index is 12.9. The summed E-state index contributed by atoms with van der Waals surface area (Å²) in [7, 11) is 2.20. The Bertz CT molecular complexity index is 768. The van der Waals surface area contributed by atoms with Crippen LogP contribution in [0.4, 0.5) is 0 Å². The molecule has 0 bridgehead atoms. The second-order valence-electron chi connectivity index (χ2n) is 7.86. The number of carbonyl (C=O) groups is 1. The van der Waals surface area contributed by atoms with Crippen molar-refractivity contribution < 1.29 is 4.79 Å². The fraction of sp³-hybridized carbons (Fsp3) is 0.571. The summed E-state index contributed by atoms with van der Waals surface area (Å²) in [5, 5.41) is 7.67. The highest BCUT2D eigenvalue weighted by molar-refractivity contribution is 5.94. The molecule has 27 heavy (non-hydrogen) atoms. The minimum atomic E-state index is -0.0811. The number of aromatic nitrogens is 3. The van der Waals surface area contributed by atoms with Crippen LogP contribution in [0.5, 0.6) is 0 Å². The molecule has 1 aliphatic carbocycles. The number of rotatable bonds is 7. The first-order valence-corrected chi connectivity index (χ1v) is 9.95. The Kier molecular flexibility index (Phi) is 6.26. The number of nitrogens with one attached hydrogen (secondary N) is 1. The molecule has 6 heteroatoms. The molecule has 0 aliphatic heterocycles. The van der Waals surface area contributed by atoms with Crippen LogP contribution in [0.25, 0.3) is 0 Å². The predicted molar refractivity (Wildman–Crippen MR) is 107 cm³/mol. The number of fused-ring (bicyclic) bond motifs is 1. The van der Waals surface area contributed by atoms with Crippen molar-refractivity contribution in [3.05, 3.63) is 47.0 Å². The molecule has 0 spiro atoms. The van der Waals surface area contributed by atoms with Gasteiger partial charge in [-0.15, -0.1) is 0 Å². The third kappa shape index (κ3) is 4.56. The van der Waals surface area contributed by atoms with E-state index in [0.717, 1.165) is 43.5 Å². The monoisotopic (exact) mass is 369 g/mol. The van der Waals surface area contributed by atoms with Crippen LogP contribution >= 0.6 is 0 Å². The van der Waals surface area contributed by atoms with E-state index in [4.69, 9.17) is 0 Å². The summed E-state index contributed by atoms with van der Waals surface area (Å²) in [6.07, 6.45) is 6.49. The SMILES string of the molecule is CCn1nc(C(=O)NCc2ccncc2)c2c1CCC(N(C)CC(C)C)C2. The second kappa shape index (κ2) is 8.65. The highest BCUT2D eigenvalue weighted by Gasteiger charge is 2.30. The lowest BCUT2D eigenvalue weighted by Crippen LogP contribution is -2.39. The lowest BCUT2D eigenvalue weighted by molar-refractivity contribution is 0.0943. The maximum Gasteiger partial charge on any atom is 0.272 e. The Balaban J connectivity index is 1.76. The minimum Gasteiger partial charge on any atom is -0.347 e. The summed E-state index contributed by atoms with van der Waals surface area (Å²) in [6.45, 7) is 8.95. The lowest BCUT2D eigenvalue weighted by atomic mass is 9.90. The third-order valence-corrected chi connectivity index (χ3v) is 5.31. The van der Waals surface area contributed by atoms with Gasteiger partial charge in [-0.25, -0.2) is 0 Å². The number of hydrogen-bond donors (Lipinski definition) is 1. The number of nitrogens with zero attached hydrogens (tertiary/aromatic N) is 4. The van der Waals surface area contributed by atoms with Crippen LogP contribution in [0, 0.1) is 5.92 Å². The molecule has 2 aromatic rings. The van der Waals surface area contributed by atoms with Gasteiger partial charge < -0.3 is 10.2 Å². The Morgan fingerprint density at radius 3 is 2.78 bits per heavy atom. The molecule has 1 N–H and O–H groups in total. The number of likely N-dealkylation sites (N-methyl/N-ethyl adjacent to an activating group) is 1. The molecule has 0 aromatic carbocycles. The topological polar surface area (TPSA) is 63.1 Å². The van der Waals surface area contributed by atoms with Crippen LogP contribution < -0.4 is 5.32 Å². The van der Waals surface area contributed by atoms with Crippen molar-refractivity contribution in [1.82, 2.24) is 25.0 Å². The van der Waals surface area contributed by atoms with Crippen LogP contribution in [0.2, 0.25) is 0 Å². The van der Waals surface area contributed by atoms with Gasteiger partial charge in [-0.2, -0.15) is 5.10 Å². The van der Waals surface area contributed by atoms with Crippen molar-refractivity contribution in [3.63, 3.8) is 0 Å². The summed E-state index contributed by atoms with van der Waals surface area (Å²) in [4.78, 5) is 19.3. The van der Waals surface area contributed by atoms with Gasteiger partial charge in [0.1, 0.15) is 0 Å². The van der Waals surface area contributed by atoms with E-state index in [2.05, 4.69) is 48.1 Å². The molecule has 0 fully saturated rings. The van der Waals surface area contributed by atoms with Crippen molar-refractivity contribution >= 4 is 5.91 Å². The predicted octanol–water partition coefficient (Wildman–Crippen LogP) is 2.67. The van der Waals surface area contributed by atoms with Gasteiger partial charge in [0.05, 0.1) is 0 Å². The molecule has 0 saturated heterocycles. The van der Waals surface area contributed by atoms with Gasteiger partial charge in [-0.3, -0.25) is 14.5 Å². The van der Waals surface area contributed by atoms with Gasteiger partial charge in [0, 0.05) is 49.3 Å². The maximum atomic E-state index is 12.9. The Labute approximate surface area is 162 Å². The summed E-state index contributed by atoms with van der Waals surface area (Å²) in [5.74, 6) is 0.556. The van der Waals surface area contributed by atoms with Gasteiger partial charge in [-0.05, 0) is 56.8 Å². The Morgan fingerprint density at radius 2 is 2.11 bits per heavy atom. The number of aryl methyl sites for hydroxylation is 1. The highest BCUT2D eigenvalue weighted by Crippen LogP contribution is 2.27. The van der Waals surface area contributed by atoms with Gasteiger partial charge >= 0.3 is 0 Å². The number of hydrogen-bond acceptors (Lipinski definition) is 4. The summed E-state index contributed by atoms with van der Waals surface area (Å²) >= 11 is 0. The van der Waals surface area contributed by atoms with E-state index in [0.29, 0.717) is 24.2 Å². The van der Waals surface area contributed by atoms with Crippen LogP contribution in [0.15, 0.2) is 24.5 Å². The Hall–Kier alpha value is -2.21. The van der Waals surface area contributed by atoms with Gasteiger partial charge in [0.2, 0.25) is 0 Å². The second-order valence-corrected chi connectivity index (χ2v) is 7.86. The van der Waals surface area contributed by atoms with E-state index in [9.17, 15) is 4.79 Å². The van der Waals surface area contributed by atoms with Crippen LogP contribution in [-0.4, -0.2) is 45.2 Å². The average Bonchev–Trinajstić information content (AvgIpc) is 3.04. The summed E-state index contributed by atoms with van der Waals surface area (Å²) in [6, 6.07) is 4.30. The number of carbonyl (C=O) groups excluding carboxylic acids is 1. The fourth-order valence-electron chi connectivity index (χ4n) is 3.98. The zero-order valence-electron chi connectivity index (χ0n) is 16.9. The molecule has 3 rings (SSSR count). The van der Waals surface area contributed by atoms with Gasteiger partial charge in [-0.1, -0.05) is 13.8 Å². The summed E-state index contributed by atoms with van der Waals surface area (Å²) < 4.78 is 2.01. The lowest BCUT2D eigenvalue weighted by Gasteiger charge is -2.32. The molecular weight excluding hydrogens is 338 g/mol. The van der Waals surface area contributed by atoms with Crippen molar-refractivity contribution in [3.8, 4) is 0 Å². The van der Waals surface area contributed by atoms with Crippen molar-refractivity contribution in [1.29, 1.82) is 0 Å². The summed E-state index contributed by atoms with van der Waals surface area (Å²) in [5.41, 5.74) is 4.01. The first-order valence-electron chi connectivity index (χ1n) is 9.95. The molecule has 2 aromatic heterocycles. The van der Waals surface area contributed by atoms with E-state index < -0.39 is 0 Å². The van der Waals surface area contributed by atoms with E-state index >= 15 is 0 Å². The molecular formula is C21H31N5O. The minimum absolute atomic E-state index is 0.0811. The zero-order chi connectivity index (χ0) is 19.4. The quantitative estimate of drug-likeness (QED) is 0.815. The van der Waals surface area contributed by atoms with Crippen LogP contribution in [0.3, 0.4) is 0 Å². The van der Waals surface area contributed by atoms with Crippen molar-refractivity contribution in [2.24, 2.45) is 5.92 Å². The molecule has 2 heterocycles. The average molecular weight is 370 g/mol. The third-order valence-electron chi connectivity index (χ3n) is 5.31. The van der Waals surface area contributed by atoms with Gasteiger partial charge in [0.25, 0.3) is 5.91 Å². The van der Waals surface area contributed by atoms with Crippen molar-refractivity contribution in [2.45, 2.75) is 59.2 Å². The largest absolute Gasteiger partial charge is 0.347 e. The number of pyridine rings is 1. The van der Waals surface area contributed by atoms with E-state index in [1.54, 1.807) is 12.4 Å². The fourth-order valence-corrected chi connectivity index (χ4v) is 3.98. The normalized spacial score (nSPS) is 16.6. The molecule has 1 atom stereocenters. The van der Waals surface area contributed by atoms with Crippen LogP contribution in [-0.2, 0) is 25.9 Å².